The molecular formula is C19H21NO5. The zero-order valence-corrected chi connectivity index (χ0v) is 14.0. The summed E-state index contributed by atoms with van der Waals surface area (Å²) in [6.45, 7) is 2.49. The van der Waals surface area contributed by atoms with Gasteiger partial charge in [-0.15, -0.1) is 0 Å². The van der Waals surface area contributed by atoms with Gasteiger partial charge in [0, 0.05) is 6.42 Å². The van der Waals surface area contributed by atoms with Crippen LogP contribution in [0.15, 0.2) is 42.5 Å². The molecule has 1 amide bonds. The average Bonchev–Trinajstić information content (AvgIpc) is 2.61. The highest BCUT2D eigenvalue weighted by Crippen LogP contribution is 2.24. The number of aromatic hydroxyl groups is 1. The Labute approximate surface area is 146 Å². The largest absolute Gasteiger partial charge is 0.506 e. The number of benzene rings is 2. The summed E-state index contributed by atoms with van der Waals surface area (Å²) in [6, 6.07) is 11.6. The molecule has 0 unspecified atom stereocenters. The molecule has 25 heavy (non-hydrogen) atoms. The number of phenolic OH excluding ortho intramolecular Hbond substituents is 1. The summed E-state index contributed by atoms with van der Waals surface area (Å²) in [7, 11) is 0. The normalized spacial score (nSPS) is 10.3. The van der Waals surface area contributed by atoms with E-state index in [4.69, 9.17) is 9.84 Å². The van der Waals surface area contributed by atoms with Crippen molar-refractivity contribution in [2.45, 2.75) is 26.2 Å². The number of carbonyl (C=O) groups is 2. The van der Waals surface area contributed by atoms with Crippen LogP contribution >= 0.6 is 0 Å². The van der Waals surface area contributed by atoms with E-state index in [9.17, 15) is 14.7 Å². The van der Waals surface area contributed by atoms with E-state index in [0.29, 0.717) is 13.0 Å². The number of phenols is 1. The fourth-order valence-electron chi connectivity index (χ4n) is 2.23. The molecule has 2 aromatic carbocycles. The second-order valence-corrected chi connectivity index (χ2v) is 5.53. The number of hydrogen-bond acceptors (Lipinski definition) is 4. The molecule has 0 spiro atoms. The fraction of sp³-hybridized carbons (Fsp3) is 0.263. The van der Waals surface area contributed by atoms with Gasteiger partial charge in [0.1, 0.15) is 11.5 Å². The third-order valence-corrected chi connectivity index (χ3v) is 3.67. The zero-order chi connectivity index (χ0) is 18.2. The molecule has 0 aliphatic heterocycles. The SMILES string of the molecule is CCc1ccc(OCCCC(=O)Nc2ccc(C(=O)O)cc2O)cc1. The van der Waals surface area contributed by atoms with Crippen molar-refractivity contribution >= 4 is 17.6 Å². The Hall–Kier alpha value is -3.02. The lowest BCUT2D eigenvalue weighted by Crippen LogP contribution is -2.13. The third-order valence-electron chi connectivity index (χ3n) is 3.67. The van der Waals surface area contributed by atoms with Crippen LogP contribution in [0.1, 0.15) is 35.7 Å². The van der Waals surface area contributed by atoms with Gasteiger partial charge < -0.3 is 20.3 Å². The van der Waals surface area contributed by atoms with Crippen molar-refractivity contribution in [3.8, 4) is 11.5 Å². The van der Waals surface area contributed by atoms with Crippen molar-refractivity contribution in [3.05, 3.63) is 53.6 Å². The number of carboxylic acids is 1. The van der Waals surface area contributed by atoms with E-state index < -0.39 is 5.97 Å². The van der Waals surface area contributed by atoms with Gasteiger partial charge in [0.2, 0.25) is 5.91 Å². The monoisotopic (exact) mass is 343 g/mol. The number of carbonyl (C=O) groups excluding carboxylic acids is 1. The zero-order valence-electron chi connectivity index (χ0n) is 14.0. The van der Waals surface area contributed by atoms with Crippen molar-refractivity contribution in [1.82, 2.24) is 0 Å². The van der Waals surface area contributed by atoms with Crippen LogP contribution in [0.25, 0.3) is 0 Å². The van der Waals surface area contributed by atoms with E-state index in [1.807, 2.05) is 24.3 Å². The number of hydrogen-bond donors (Lipinski definition) is 3. The van der Waals surface area contributed by atoms with Gasteiger partial charge in [0.15, 0.2) is 0 Å². The van der Waals surface area contributed by atoms with Gasteiger partial charge in [-0.25, -0.2) is 4.79 Å². The lowest BCUT2D eigenvalue weighted by molar-refractivity contribution is -0.116. The van der Waals surface area contributed by atoms with Crippen LogP contribution in [0.3, 0.4) is 0 Å². The Morgan fingerprint density at radius 1 is 1.12 bits per heavy atom. The Balaban J connectivity index is 1.76. The summed E-state index contributed by atoms with van der Waals surface area (Å²) >= 11 is 0. The third kappa shape index (κ3) is 5.53. The molecule has 0 aliphatic carbocycles. The molecule has 0 atom stereocenters. The van der Waals surface area contributed by atoms with Crippen LogP contribution in [0.2, 0.25) is 0 Å². The maximum Gasteiger partial charge on any atom is 0.335 e. The van der Waals surface area contributed by atoms with Crippen molar-refractivity contribution in [2.24, 2.45) is 0 Å². The van der Waals surface area contributed by atoms with Gasteiger partial charge in [-0.05, 0) is 48.7 Å². The molecule has 0 aliphatic rings. The number of aromatic carboxylic acids is 1. The van der Waals surface area contributed by atoms with E-state index >= 15 is 0 Å². The van der Waals surface area contributed by atoms with Crippen LogP contribution in [-0.2, 0) is 11.2 Å². The van der Waals surface area contributed by atoms with Crippen LogP contribution in [0.4, 0.5) is 5.69 Å². The highest BCUT2D eigenvalue weighted by Gasteiger charge is 2.10. The maximum atomic E-state index is 11.9. The highest BCUT2D eigenvalue weighted by atomic mass is 16.5. The quantitative estimate of drug-likeness (QED) is 0.504. The summed E-state index contributed by atoms with van der Waals surface area (Å²) in [6.07, 6.45) is 1.73. The highest BCUT2D eigenvalue weighted by molar-refractivity contribution is 5.94. The topological polar surface area (TPSA) is 95.9 Å². The molecule has 0 fully saturated rings. The van der Waals surface area contributed by atoms with E-state index in [-0.39, 0.29) is 29.3 Å². The molecule has 0 bridgehead atoms. The van der Waals surface area contributed by atoms with Gasteiger partial charge >= 0.3 is 5.97 Å². The van der Waals surface area contributed by atoms with Gasteiger partial charge in [0.25, 0.3) is 0 Å². The molecular weight excluding hydrogens is 322 g/mol. The molecule has 2 rings (SSSR count). The number of amides is 1. The number of ether oxygens (including phenoxy) is 1. The van der Waals surface area contributed by atoms with Gasteiger partial charge in [-0.1, -0.05) is 19.1 Å². The van der Waals surface area contributed by atoms with Crippen molar-refractivity contribution in [1.29, 1.82) is 0 Å². The first-order valence-corrected chi connectivity index (χ1v) is 8.07. The molecule has 6 nitrogen and oxygen atoms in total. The molecule has 0 heterocycles. The molecule has 0 saturated carbocycles. The smallest absolute Gasteiger partial charge is 0.335 e. The minimum Gasteiger partial charge on any atom is -0.506 e. The maximum absolute atomic E-state index is 11.9. The predicted octanol–water partition coefficient (Wildman–Crippen LogP) is 3.45. The summed E-state index contributed by atoms with van der Waals surface area (Å²) < 4.78 is 5.58. The molecule has 0 aromatic heterocycles. The van der Waals surface area contributed by atoms with Crippen LogP contribution in [-0.4, -0.2) is 28.7 Å². The van der Waals surface area contributed by atoms with Crippen molar-refractivity contribution < 1.29 is 24.5 Å². The van der Waals surface area contributed by atoms with Crippen LogP contribution in [0.5, 0.6) is 11.5 Å². The lowest BCUT2D eigenvalue weighted by atomic mass is 10.2. The standard InChI is InChI=1S/C19H21NO5/c1-2-13-5-8-15(9-6-13)25-11-3-4-18(22)20-16-10-7-14(19(23)24)12-17(16)21/h5-10,12,21H,2-4,11H2,1H3,(H,20,22)(H,23,24). The van der Waals surface area contributed by atoms with E-state index in [0.717, 1.165) is 18.2 Å². The summed E-state index contributed by atoms with van der Waals surface area (Å²) in [5.41, 5.74) is 1.38. The van der Waals surface area contributed by atoms with Gasteiger partial charge in [-0.2, -0.15) is 0 Å². The minimum absolute atomic E-state index is 0.0435. The lowest BCUT2D eigenvalue weighted by Gasteiger charge is -2.09. The molecule has 2 aromatic rings. The fourth-order valence-corrected chi connectivity index (χ4v) is 2.23. The Kier molecular flexibility index (Phi) is 6.39. The van der Waals surface area contributed by atoms with Gasteiger partial charge in [-0.3, -0.25) is 4.79 Å². The molecule has 6 heteroatoms. The molecule has 132 valence electrons. The van der Waals surface area contributed by atoms with Crippen molar-refractivity contribution in [2.75, 3.05) is 11.9 Å². The van der Waals surface area contributed by atoms with E-state index in [1.165, 1.54) is 17.7 Å². The average molecular weight is 343 g/mol. The van der Waals surface area contributed by atoms with Crippen LogP contribution in [0, 0.1) is 0 Å². The van der Waals surface area contributed by atoms with E-state index in [1.54, 1.807) is 0 Å². The summed E-state index contributed by atoms with van der Waals surface area (Å²) in [5, 5.41) is 21.1. The van der Waals surface area contributed by atoms with Gasteiger partial charge in [0.05, 0.1) is 17.9 Å². The predicted molar refractivity (Wildman–Crippen MR) is 94.2 cm³/mol. The molecule has 3 N–H and O–H groups in total. The second-order valence-electron chi connectivity index (χ2n) is 5.53. The number of carboxylic acid groups (broad SMARTS) is 1. The Morgan fingerprint density at radius 2 is 1.84 bits per heavy atom. The number of nitrogens with one attached hydrogen (secondary N) is 1. The molecule has 0 radical (unpaired) electrons. The number of anilines is 1. The Morgan fingerprint density at radius 3 is 2.44 bits per heavy atom. The van der Waals surface area contributed by atoms with Crippen LogP contribution < -0.4 is 10.1 Å². The van der Waals surface area contributed by atoms with Crippen molar-refractivity contribution in [3.63, 3.8) is 0 Å². The summed E-state index contributed by atoms with van der Waals surface area (Å²) in [5.74, 6) is -0.930. The first-order valence-electron chi connectivity index (χ1n) is 8.07. The molecule has 0 saturated heterocycles. The second kappa shape index (κ2) is 8.73. The van der Waals surface area contributed by atoms with E-state index in [2.05, 4.69) is 12.2 Å². The first kappa shape index (κ1) is 18.3. The number of aryl methyl sites for hydroxylation is 1. The first-order chi connectivity index (χ1) is 12.0. The Bertz CT molecular complexity index is 740. The summed E-state index contributed by atoms with van der Waals surface area (Å²) in [4.78, 5) is 22.7. The number of rotatable bonds is 8. The minimum atomic E-state index is -1.14.